The predicted molar refractivity (Wildman–Crippen MR) is 94.0 cm³/mol. The number of aromatic nitrogens is 4. The molecule has 0 amide bonds. The molecule has 124 valence electrons. The molecule has 0 radical (unpaired) electrons. The third-order valence-electron chi connectivity index (χ3n) is 5.76. The Labute approximate surface area is 145 Å². The molecule has 1 N–H and O–H groups in total. The van der Waals surface area contributed by atoms with E-state index in [1.807, 2.05) is 25.1 Å². The number of anilines is 1. The lowest BCUT2D eigenvalue weighted by atomic mass is 9.48. The van der Waals surface area contributed by atoms with Gasteiger partial charge in [0.1, 0.15) is 12.1 Å². The summed E-state index contributed by atoms with van der Waals surface area (Å²) in [7, 11) is 0. The van der Waals surface area contributed by atoms with Crippen LogP contribution in [0.5, 0.6) is 0 Å². The molecule has 3 aromatic rings. The molecule has 6 nitrogen and oxygen atoms in total. The van der Waals surface area contributed by atoms with Gasteiger partial charge in [-0.25, -0.2) is 9.97 Å². The van der Waals surface area contributed by atoms with Gasteiger partial charge >= 0.3 is 0 Å². The SMILES string of the molecule is Cc1[nH]nc2ncnc(N3CC4(C3)CC(C#N)(c3ccccc3)C4)c12. The summed E-state index contributed by atoms with van der Waals surface area (Å²) in [5, 5.41) is 18.0. The highest BCUT2D eigenvalue weighted by Gasteiger charge is 2.61. The number of benzene rings is 1. The standard InChI is InChI=1S/C19H18N6/c1-13-15-16(24-23-13)21-12-22-17(15)25-10-18(11-25)7-19(8-18,9-20)14-5-3-2-4-6-14/h2-6,12H,7-8,10-11H2,1H3,(H,21,22,23,24). The molecule has 25 heavy (non-hydrogen) atoms. The molecule has 1 spiro atoms. The lowest BCUT2D eigenvalue weighted by molar-refractivity contribution is 0.0254. The van der Waals surface area contributed by atoms with Gasteiger partial charge in [-0.05, 0) is 25.3 Å². The Bertz CT molecular complexity index is 986. The van der Waals surface area contributed by atoms with Gasteiger partial charge in [-0.1, -0.05) is 30.3 Å². The number of nitriles is 1. The molecule has 1 aliphatic carbocycles. The van der Waals surface area contributed by atoms with Crippen LogP contribution in [0.1, 0.15) is 24.1 Å². The summed E-state index contributed by atoms with van der Waals surface area (Å²) in [5.74, 6) is 0.955. The fourth-order valence-corrected chi connectivity index (χ4v) is 4.69. The number of H-pyrrole nitrogens is 1. The van der Waals surface area contributed by atoms with Gasteiger partial charge in [-0.3, -0.25) is 5.10 Å². The zero-order chi connectivity index (χ0) is 17.1. The number of nitrogens with one attached hydrogen (secondary N) is 1. The second kappa shape index (κ2) is 4.79. The van der Waals surface area contributed by atoms with Crippen LogP contribution in [0.25, 0.3) is 11.0 Å². The van der Waals surface area contributed by atoms with Gasteiger partial charge in [0.25, 0.3) is 0 Å². The number of nitrogens with zero attached hydrogens (tertiary/aromatic N) is 5. The number of aryl methyl sites for hydroxylation is 1. The largest absolute Gasteiger partial charge is 0.355 e. The summed E-state index contributed by atoms with van der Waals surface area (Å²) in [6, 6.07) is 12.8. The van der Waals surface area contributed by atoms with Crippen molar-refractivity contribution >= 4 is 16.9 Å². The van der Waals surface area contributed by atoms with Crippen LogP contribution in [-0.2, 0) is 5.41 Å². The quantitative estimate of drug-likeness (QED) is 0.781. The molecule has 2 aliphatic rings. The zero-order valence-corrected chi connectivity index (χ0v) is 14.0. The van der Waals surface area contributed by atoms with E-state index in [0.717, 1.165) is 48.4 Å². The Balaban J connectivity index is 1.38. The molecular weight excluding hydrogens is 312 g/mol. The lowest BCUT2D eigenvalue weighted by Gasteiger charge is -2.62. The fourth-order valence-electron chi connectivity index (χ4n) is 4.69. The molecule has 1 aromatic carbocycles. The minimum absolute atomic E-state index is 0.237. The predicted octanol–water partition coefficient (Wildman–Crippen LogP) is 2.72. The summed E-state index contributed by atoms with van der Waals surface area (Å²) in [4.78, 5) is 11.0. The Morgan fingerprint density at radius 3 is 2.64 bits per heavy atom. The maximum Gasteiger partial charge on any atom is 0.186 e. The molecule has 0 atom stereocenters. The second-order valence-corrected chi connectivity index (χ2v) is 7.51. The van der Waals surface area contributed by atoms with E-state index in [1.54, 1.807) is 6.33 Å². The molecule has 3 heterocycles. The maximum atomic E-state index is 9.78. The van der Waals surface area contributed by atoms with Crippen LogP contribution in [0.15, 0.2) is 36.7 Å². The molecule has 5 rings (SSSR count). The maximum absolute atomic E-state index is 9.78. The van der Waals surface area contributed by atoms with Crippen molar-refractivity contribution in [2.75, 3.05) is 18.0 Å². The van der Waals surface area contributed by atoms with Crippen molar-refractivity contribution in [2.45, 2.75) is 25.2 Å². The van der Waals surface area contributed by atoms with Crippen molar-refractivity contribution in [1.29, 1.82) is 5.26 Å². The van der Waals surface area contributed by atoms with Crippen LogP contribution in [0, 0.1) is 23.7 Å². The van der Waals surface area contributed by atoms with Gasteiger partial charge in [-0.15, -0.1) is 0 Å². The van der Waals surface area contributed by atoms with E-state index in [2.05, 4.69) is 43.3 Å². The Kier molecular flexibility index (Phi) is 2.76. The first-order chi connectivity index (χ1) is 12.1. The first-order valence-corrected chi connectivity index (χ1v) is 8.52. The van der Waals surface area contributed by atoms with Crippen molar-refractivity contribution < 1.29 is 0 Å². The Morgan fingerprint density at radius 2 is 1.92 bits per heavy atom. The van der Waals surface area contributed by atoms with Crippen molar-refractivity contribution in [3.8, 4) is 6.07 Å². The third kappa shape index (κ3) is 1.92. The average molecular weight is 330 g/mol. The number of hydrogen-bond acceptors (Lipinski definition) is 5. The molecule has 0 bridgehead atoms. The summed E-state index contributed by atoms with van der Waals surface area (Å²) in [6.45, 7) is 3.89. The smallest absolute Gasteiger partial charge is 0.186 e. The van der Waals surface area contributed by atoms with Crippen LogP contribution in [0.4, 0.5) is 5.82 Å². The molecule has 1 aliphatic heterocycles. The van der Waals surface area contributed by atoms with E-state index >= 15 is 0 Å². The van der Waals surface area contributed by atoms with Crippen LogP contribution in [0.2, 0.25) is 0 Å². The van der Waals surface area contributed by atoms with Crippen molar-refractivity contribution in [3.05, 3.63) is 47.9 Å². The van der Waals surface area contributed by atoms with Crippen molar-refractivity contribution in [1.82, 2.24) is 20.2 Å². The van der Waals surface area contributed by atoms with Gasteiger partial charge < -0.3 is 4.90 Å². The van der Waals surface area contributed by atoms with Crippen LogP contribution < -0.4 is 4.90 Å². The normalized spacial score (nSPS) is 20.1. The average Bonchev–Trinajstić information content (AvgIpc) is 2.96. The first kappa shape index (κ1) is 14.4. The van der Waals surface area contributed by atoms with E-state index in [-0.39, 0.29) is 10.8 Å². The van der Waals surface area contributed by atoms with E-state index in [1.165, 1.54) is 0 Å². The van der Waals surface area contributed by atoms with E-state index in [9.17, 15) is 5.26 Å². The number of fused-ring (bicyclic) bond motifs is 1. The number of aromatic amines is 1. The molecule has 1 saturated heterocycles. The number of rotatable bonds is 2. The van der Waals surface area contributed by atoms with Gasteiger partial charge in [-0.2, -0.15) is 10.4 Å². The second-order valence-electron chi connectivity index (χ2n) is 7.51. The fraction of sp³-hybridized carbons (Fsp3) is 0.368. The van der Waals surface area contributed by atoms with Crippen LogP contribution >= 0.6 is 0 Å². The minimum Gasteiger partial charge on any atom is -0.355 e. The lowest BCUT2D eigenvalue weighted by Crippen LogP contribution is -2.67. The molecule has 2 aromatic heterocycles. The zero-order valence-electron chi connectivity index (χ0n) is 14.0. The molecule has 6 heteroatoms. The van der Waals surface area contributed by atoms with Gasteiger partial charge in [0, 0.05) is 24.2 Å². The van der Waals surface area contributed by atoms with Crippen LogP contribution in [-0.4, -0.2) is 33.3 Å². The van der Waals surface area contributed by atoms with Crippen LogP contribution in [0.3, 0.4) is 0 Å². The van der Waals surface area contributed by atoms with Gasteiger partial charge in [0.05, 0.1) is 16.9 Å². The number of hydrogen-bond donors (Lipinski definition) is 1. The Morgan fingerprint density at radius 1 is 1.16 bits per heavy atom. The summed E-state index contributed by atoms with van der Waals surface area (Å²) in [5.41, 5.74) is 2.78. The molecular formula is C19H18N6. The first-order valence-electron chi connectivity index (χ1n) is 8.52. The van der Waals surface area contributed by atoms with E-state index in [4.69, 9.17) is 0 Å². The minimum atomic E-state index is -0.320. The molecule has 2 fully saturated rings. The highest BCUT2D eigenvalue weighted by molar-refractivity contribution is 5.89. The highest BCUT2D eigenvalue weighted by atomic mass is 15.3. The molecule has 1 saturated carbocycles. The van der Waals surface area contributed by atoms with Crippen molar-refractivity contribution in [3.63, 3.8) is 0 Å². The summed E-state index contributed by atoms with van der Waals surface area (Å²) in [6.07, 6.45) is 3.43. The highest BCUT2D eigenvalue weighted by Crippen LogP contribution is 2.60. The Hall–Kier alpha value is -2.94. The topological polar surface area (TPSA) is 81.5 Å². The molecule has 0 unspecified atom stereocenters. The van der Waals surface area contributed by atoms with Gasteiger partial charge in [0.15, 0.2) is 5.65 Å². The van der Waals surface area contributed by atoms with E-state index < -0.39 is 0 Å². The van der Waals surface area contributed by atoms with Gasteiger partial charge in [0.2, 0.25) is 0 Å². The summed E-state index contributed by atoms with van der Waals surface area (Å²) < 4.78 is 0. The van der Waals surface area contributed by atoms with Crippen molar-refractivity contribution in [2.24, 2.45) is 5.41 Å². The monoisotopic (exact) mass is 330 g/mol. The summed E-state index contributed by atoms with van der Waals surface area (Å²) >= 11 is 0. The third-order valence-corrected chi connectivity index (χ3v) is 5.76. The van der Waals surface area contributed by atoms with E-state index in [0.29, 0.717) is 5.65 Å².